The number of aliphatic hydroxyl groups excluding tert-OH is 2. The fraction of sp³-hybridized carbons (Fsp3) is 0.786. The molecule has 6 heteroatoms. The molecular formula is C56H101NO5. The largest absolute Gasteiger partial charge is 0.462 e. The Hall–Kier alpha value is -2.44. The molecule has 62 heavy (non-hydrogen) atoms. The van der Waals surface area contributed by atoms with E-state index in [1.807, 2.05) is 6.08 Å². The number of nitrogens with one attached hydrogen (secondary N) is 1. The van der Waals surface area contributed by atoms with E-state index in [1.54, 1.807) is 0 Å². The molecule has 0 aliphatic carbocycles. The van der Waals surface area contributed by atoms with E-state index in [9.17, 15) is 19.8 Å². The highest BCUT2D eigenvalue weighted by Gasteiger charge is 2.24. The molecule has 0 bridgehead atoms. The first-order chi connectivity index (χ1) is 30.5. The fourth-order valence-electron chi connectivity index (χ4n) is 7.84. The van der Waals surface area contributed by atoms with Gasteiger partial charge in [0.25, 0.3) is 0 Å². The molecule has 6 nitrogen and oxygen atoms in total. The number of hydrogen-bond acceptors (Lipinski definition) is 5. The maximum Gasteiger partial charge on any atom is 0.306 e. The Morgan fingerprint density at radius 2 is 0.887 bits per heavy atom. The van der Waals surface area contributed by atoms with Crippen molar-refractivity contribution >= 4 is 11.9 Å². The van der Waals surface area contributed by atoms with Crippen LogP contribution in [0.2, 0.25) is 0 Å². The Labute approximate surface area is 384 Å². The molecule has 0 aromatic carbocycles. The highest BCUT2D eigenvalue weighted by Crippen LogP contribution is 2.17. The van der Waals surface area contributed by atoms with E-state index >= 15 is 0 Å². The molecule has 0 saturated carbocycles. The van der Waals surface area contributed by atoms with Crippen LogP contribution in [-0.2, 0) is 14.3 Å². The number of allylic oxidation sites excluding steroid dienone is 10. The second-order valence-corrected chi connectivity index (χ2v) is 18.0. The molecule has 0 heterocycles. The van der Waals surface area contributed by atoms with Crippen LogP contribution in [-0.4, -0.2) is 46.9 Å². The van der Waals surface area contributed by atoms with Crippen LogP contribution in [0, 0.1) is 0 Å². The first-order valence-corrected chi connectivity index (χ1v) is 26.5. The zero-order valence-corrected chi connectivity index (χ0v) is 41.0. The van der Waals surface area contributed by atoms with Crippen molar-refractivity contribution in [3.05, 3.63) is 60.8 Å². The summed E-state index contributed by atoms with van der Waals surface area (Å²) in [4.78, 5) is 26.1. The van der Waals surface area contributed by atoms with Gasteiger partial charge in [-0.25, -0.2) is 0 Å². The van der Waals surface area contributed by atoms with Gasteiger partial charge in [-0.2, -0.15) is 0 Å². The number of rotatable bonds is 47. The van der Waals surface area contributed by atoms with Gasteiger partial charge in [0, 0.05) is 6.42 Å². The lowest BCUT2D eigenvalue weighted by Crippen LogP contribution is -2.46. The Balaban J connectivity index is 4.71. The van der Waals surface area contributed by atoms with Gasteiger partial charge >= 0.3 is 5.97 Å². The van der Waals surface area contributed by atoms with Crippen molar-refractivity contribution in [2.45, 2.75) is 277 Å². The summed E-state index contributed by atoms with van der Waals surface area (Å²) < 4.78 is 5.88. The van der Waals surface area contributed by atoms with Crippen molar-refractivity contribution in [3.8, 4) is 0 Å². The third kappa shape index (κ3) is 44.2. The Morgan fingerprint density at radius 1 is 0.484 bits per heavy atom. The standard InChI is InChI=1S/C56H101NO5/c1-4-7-10-13-16-19-22-25-27-28-30-32-35-38-41-44-47-52(62-56(61)49-46-43-40-37-34-29-24-21-18-15-12-9-6-3)50-55(60)57-53(51-58)54(59)48-45-42-39-36-33-31-26-23-20-17-14-11-8-5-2/h22,25,27-30,32,34,40,43,52-54,58-59H,4-21,23-24,26,31,33,35-39,41-42,44-51H2,1-3H3,(H,57,60)/b25-22+,28-27+,32-30+,34-29-,43-40+. The van der Waals surface area contributed by atoms with E-state index in [0.29, 0.717) is 19.3 Å². The number of carbonyl (C=O) groups is 2. The minimum absolute atomic E-state index is 0.0318. The second kappa shape index (κ2) is 49.6. The van der Waals surface area contributed by atoms with Crippen LogP contribution in [0.25, 0.3) is 0 Å². The number of aliphatic hydroxyl groups is 2. The topological polar surface area (TPSA) is 95.9 Å². The SMILES string of the molecule is CCCCCCC/C=C/C=C/C=C/CCCCCC(CC(=O)NC(CO)C(O)CCCCCCCCCCCCCCCC)OC(=O)CC/C=C/C/C=C\CCCCCCCC. The predicted octanol–water partition coefficient (Wildman–Crippen LogP) is 16.0. The van der Waals surface area contributed by atoms with Crippen LogP contribution in [0.1, 0.15) is 258 Å². The number of unbranched alkanes of at least 4 members (excludes halogenated alkanes) is 27. The lowest BCUT2D eigenvalue weighted by molar-refractivity contribution is -0.150. The maximum atomic E-state index is 13.2. The second-order valence-electron chi connectivity index (χ2n) is 18.0. The molecule has 3 N–H and O–H groups in total. The maximum absolute atomic E-state index is 13.2. The predicted molar refractivity (Wildman–Crippen MR) is 268 cm³/mol. The van der Waals surface area contributed by atoms with Crippen molar-refractivity contribution in [3.63, 3.8) is 0 Å². The van der Waals surface area contributed by atoms with Crippen molar-refractivity contribution in [2.24, 2.45) is 0 Å². The summed E-state index contributed by atoms with van der Waals surface area (Å²) in [6.45, 7) is 6.44. The van der Waals surface area contributed by atoms with Gasteiger partial charge in [-0.15, -0.1) is 0 Å². The molecule has 0 spiro atoms. The number of esters is 1. The highest BCUT2D eigenvalue weighted by atomic mass is 16.5. The van der Waals surface area contributed by atoms with Crippen LogP contribution in [0.15, 0.2) is 60.8 Å². The van der Waals surface area contributed by atoms with Crippen LogP contribution in [0.5, 0.6) is 0 Å². The van der Waals surface area contributed by atoms with Crippen LogP contribution in [0.3, 0.4) is 0 Å². The third-order valence-electron chi connectivity index (χ3n) is 11.9. The zero-order valence-electron chi connectivity index (χ0n) is 41.0. The number of ether oxygens (including phenoxy) is 1. The van der Waals surface area contributed by atoms with Crippen LogP contribution >= 0.6 is 0 Å². The highest BCUT2D eigenvalue weighted by molar-refractivity contribution is 5.77. The molecule has 3 atom stereocenters. The van der Waals surface area contributed by atoms with Gasteiger partial charge in [0.2, 0.25) is 5.91 Å². The van der Waals surface area contributed by atoms with Gasteiger partial charge in [-0.05, 0) is 70.6 Å². The van der Waals surface area contributed by atoms with E-state index in [-0.39, 0.29) is 31.3 Å². The quantitative estimate of drug-likeness (QED) is 0.0245. The van der Waals surface area contributed by atoms with Crippen molar-refractivity contribution in [1.29, 1.82) is 0 Å². The number of hydrogen-bond donors (Lipinski definition) is 3. The molecule has 0 fully saturated rings. The lowest BCUT2D eigenvalue weighted by Gasteiger charge is -2.24. The summed E-state index contributed by atoms with van der Waals surface area (Å²) in [6, 6.07) is -0.724. The van der Waals surface area contributed by atoms with Gasteiger partial charge in [0.15, 0.2) is 0 Å². The minimum atomic E-state index is -0.807. The molecule has 0 rings (SSSR count). The van der Waals surface area contributed by atoms with Gasteiger partial charge < -0.3 is 20.3 Å². The molecule has 3 unspecified atom stereocenters. The van der Waals surface area contributed by atoms with E-state index in [0.717, 1.165) is 64.2 Å². The smallest absolute Gasteiger partial charge is 0.306 e. The van der Waals surface area contributed by atoms with Gasteiger partial charge in [0.05, 0.1) is 25.2 Å². The van der Waals surface area contributed by atoms with E-state index in [1.165, 1.54) is 141 Å². The third-order valence-corrected chi connectivity index (χ3v) is 11.9. The van der Waals surface area contributed by atoms with E-state index < -0.39 is 18.2 Å². The first kappa shape index (κ1) is 59.6. The van der Waals surface area contributed by atoms with Crippen molar-refractivity contribution in [2.75, 3.05) is 6.61 Å². The summed E-state index contributed by atoms with van der Waals surface area (Å²) in [7, 11) is 0. The van der Waals surface area contributed by atoms with Crippen LogP contribution < -0.4 is 5.32 Å². The van der Waals surface area contributed by atoms with Crippen molar-refractivity contribution in [1.82, 2.24) is 5.32 Å². The summed E-state index contributed by atoms with van der Waals surface area (Å²) in [5.41, 5.74) is 0. The molecular weight excluding hydrogens is 767 g/mol. The average Bonchev–Trinajstić information content (AvgIpc) is 3.26. The van der Waals surface area contributed by atoms with E-state index in [4.69, 9.17) is 4.74 Å². The summed E-state index contributed by atoms with van der Waals surface area (Å²) in [6.07, 6.45) is 61.4. The zero-order chi connectivity index (χ0) is 45.2. The molecule has 0 aliphatic rings. The minimum Gasteiger partial charge on any atom is -0.462 e. The summed E-state index contributed by atoms with van der Waals surface area (Å²) in [5, 5.41) is 23.8. The Morgan fingerprint density at radius 3 is 1.37 bits per heavy atom. The van der Waals surface area contributed by atoms with E-state index in [2.05, 4.69) is 80.8 Å². The van der Waals surface area contributed by atoms with Gasteiger partial charge in [0.1, 0.15) is 6.10 Å². The summed E-state index contributed by atoms with van der Waals surface area (Å²) >= 11 is 0. The first-order valence-electron chi connectivity index (χ1n) is 26.5. The number of amides is 1. The van der Waals surface area contributed by atoms with Crippen molar-refractivity contribution < 1.29 is 24.5 Å². The molecule has 0 aromatic rings. The normalized spacial score (nSPS) is 13.7. The monoisotopic (exact) mass is 868 g/mol. The summed E-state index contributed by atoms with van der Waals surface area (Å²) in [5.74, 6) is -0.586. The van der Waals surface area contributed by atoms with Gasteiger partial charge in [-0.1, -0.05) is 236 Å². The fourth-order valence-corrected chi connectivity index (χ4v) is 7.84. The molecule has 0 radical (unpaired) electrons. The lowest BCUT2D eigenvalue weighted by atomic mass is 10.0. The molecule has 360 valence electrons. The molecule has 0 aromatic heterocycles. The molecule has 1 amide bonds. The Bertz CT molecular complexity index is 1110. The molecule has 0 saturated heterocycles. The average molecular weight is 868 g/mol. The number of carbonyl (C=O) groups excluding carboxylic acids is 2. The molecule has 0 aliphatic heterocycles. The van der Waals surface area contributed by atoms with Crippen LogP contribution in [0.4, 0.5) is 0 Å². The Kier molecular flexibility index (Phi) is 47.6. The van der Waals surface area contributed by atoms with Gasteiger partial charge in [-0.3, -0.25) is 9.59 Å².